The van der Waals surface area contributed by atoms with Crippen LogP contribution in [0.3, 0.4) is 0 Å². The van der Waals surface area contributed by atoms with Crippen LogP contribution in [0.15, 0.2) is 4.42 Å². The van der Waals surface area contributed by atoms with Crippen molar-refractivity contribution in [3.63, 3.8) is 0 Å². The second-order valence-electron chi connectivity index (χ2n) is 6.26. The van der Waals surface area contributed by atoms with Crippen LogP contribution in [0, 0.1) is 11.3 Å². The van der Waals surface area contributed by atoms with E-state index in [1.807, 2.05) is 25.6 Å². The Balaban J connectivity index is 1.89. The van der Waals surface area contributed by atoms with Crippen LogP contribution in [0.5, 0.6) is 0 Å². The molecule has 0 aliphatic carbocycles. The minimum atomic E-state index is -0.797. The predicted molar refractivity (Wildman–Crippen MR) is 77.8 cm³/mol. The molecule has 5 nitrogen and oxygen atoms in total. The van der Waals surface area contributed by atoms with Crippen LogP contribution < -0.4 is 0 Å². The second kappa shape index (κ2) is 6.61. The average Bonchev–Trinajstić information content (AvgIpc) is 2.75. The van der Waals surface area contributed by atoms with Gasteiger partial charge in [0.1, 0.15) is 0 Å². The van der Waals surface area contributed by atoms with Crippen molar-refractivity contribution in [2.75, 3.05) is 11.5 Å². The molecule has 1 N–H and O–H groups in total. The van der Waals surface area contributed by atoms with E-state index in [-0.39, 0.29) is 11.8 Å². The van der Waals surface area contributed by atoms with E-state index < -0.39 is 5.97 Å². The van der Waals surface area contributed by atoms with Gasteiger partial charge in [-0.3, -0.25) is 4.79 Å². The van der Waals surface area contributed by atoms with Crippen LogP contribution in [0.1, 0.15) is 44.9 Å². The van der Waals surface area contributed by atoms with Crippen LogP contribution in [0.4, 0.5) is 0 Å². The van der Waals surface area contributed by atoms with Gasteiger partial charge in [0, 0.05) is 12.8 Å². The van der Waals surface area contributed by atoms with E-state index in [4.69, 9.17) is 9.52 Å². The maximum absolute atomic E-state index is 10.8. The first-order chi connectivity index (χ1) is 9.44. The fourth-order valence-electron chi connectivity index (χ4n) is 2.52. The van der Waals surface area contributed by atoms with E-state index in [1.54, 1.807) is 0 Å². The summed E-state index contributed by atoms with van der Waals surface area (Å²) in [4.78, 5) is 10.8. The van der Waals surface area contributed by atoms with Crippen LogP contribution in [0.2, 0.25) is 0 Å². The smallest absolute Gasteiger partial charge is 0.303 e. The quantitative estimate of drug-likeness (QED) is 0.870. The maximum Gasteiger partial charge on any atom is 0.303 e. The molecule has 0 saturated carbocycles. The zero-order valence-corrected chi connectivity index (χ0v) is 12.9. The Morgan fingerprint density at radius 2 is 2.00 bits per heavy atom. The van der Waals surface area contributed by atoms with Crippen LogP contribution >= 0.6 is 11.8 Å². The van der Waals surface area contributed by atoms with E-state index in [9.17, 15) is 4.79 Å². The molecular formula is C14H22N2O3S. The Labute approximate surface area is 123 Å². The summed E-state index contributed by atoms with van der Waals surface area (Å²) >= 11 is 2.01. The molecule has 0 aromatic carbocycles. The van der Waals surface area contributed by atoms with Crippen LogP contribution in [-0.2, 0) is 17.6 Å². The molecule has 0 atom stereocenters. The number of carboxylic acid groups (broad SMARTS) is 1. The summed E-state index contributed by atoms with van der Waals surface area (Å²) in [6, 6.07) is 0. The number of carboxylic acids is 1. The molecule has 112 valence electrons. The van der Waals surface area contributed by atoms with Gasteiger partial charge in [-0.05, 0) is 35.7 Å². The lowest BCUT2D eigenvalue weighted by atomic mass is 9.86. The lowest BCUT2D eigenvalue weighted by Gasteiger charge is -2.20. The first-order valence-electron chi connectivity index (χ1n) is 7.05. The van der Waals surface area contributed by atoms with Gasteiger partial charge in [0.15, 0.2) is 0 Å². The average molecular weight is 298 g/mol. The zero-order valence-electron chi connectivity index (χ0n) is 12.1. The minimum absolute atomic E-state index is 0.102. The third-order valence-electron chi connectivity index (χ3n) is 3.57. The van der Waals surface area contributed by atoms with Crippen molar-refractivity contribution >= 4 is 17.7 Å². The van der Waals surface area contributed by atoms with Crippen molar-refractivity contribution in [2.24, 2.45) is 11.3 Å². The molecule has 2 rings (SSSR count). The molecule has 1 fully saturated rings. The standard InChI is InChI=1S/C14H22N2O3S/c1-14(2,9-13(17)18)8-12-16-15-11(19-12)7-10-3-5-20-6-4-10/h10H,3-9H2,1-2H3,(H,17,18). The fraction of sp³-hybridized carbons (Fsp3) is 0.786. The highest BCUT2D eigenvalue weighted by atomic mass is 32.2. The number of hydrogen-bond acceptors (Lipinski definition) is 5. The molecule has 0 amide bonds. The fourth-order valence-corrected chi connectivity index (χ4v) is 3.73. The summed E-state index contributed by atoms with van der Waals surface area (Å²) in [5.41, 5.74) is -0.364. The number of aliphatic carboxylic acids is 1. The molecule has 1 aliphatic rings. The highest BCUT2D eigenvalue weighted by Gasteiger charge is 2.25. The first kappa shape index (κ1) is 15.4. The molecule has 0 radical (unpaired) electrons. The molecule has 1 saturated heterocycles. The Bertz CT molecular complexity index is 453. The van der Waals surface area contributed by atoms with Crippen LogP contribution in [-0.4, -0.2) is 32.8 Å². The van der Waals surface area contributed by atoms with Crippen molar-refractivity contribution < 1.29 is 14.3 Å². The van der Waals surface area contributed by atoms with Gasteiger partial charge in [-0.25, -0.2) is 0 Å². The summed E-state index contributed by atoms with van der Waals surface area (Å²) in [5, 5.41) is 17.0. The van der Waals surface area contributed by atoms with Crippen molar-refractivity contribution in [2.45, 2.75) is 46.0 Å². The maximum atomic E-state index is 10.8. The molecule has 20 heavy (non-hydrogen) atoms. The summed E-state index contributed by atoms with van der Waals surface area (Å²) in [6.07, 6.45) is 3.89. The Morgan fingerprint density at radius 1 is 1.35 bits per heavy atom. The van der Waals surface area contributed by atoms with E-state index in [0.717, 1.165) is 6.42 Å². The van der Waals surface area contributed by atoms with Gasteiger partial charge in [-0.2, -0.15) is 11.8 Å². The zero-order chi connectivity index (χ0) is 14.6. The molecule has 1 aliphatic heterocycles. The minimum Gasteiger partial charge on any atom is -0.481 e. The highest BCUT2D eigenvalue weighted by Crippen LogP contribution is 2.27. The third kappa shape index (κ3) is 4.81. The molecule has 6 heteroatoms. The van der Waals surface area contributed by atoms with Gasteiger partial charge < -0.3 is 9.52 Å². The molecular weight excluding hydrogens is 276 g/mol. The van der Waals surface area contributed by atoms with Gasteiger partial charge in [-0.1, -0.05) is 13.8 Å². The molecule has 0 bridgehead atoms. The van der Waals surface area contributed by atoms with E-state index in [0.29, 0.717) is 24.1 Å². The molecule has 1 aromatic heterocycles. The largest absolute Gasteiger partial charge is 0.481 e. The van der Waals surface area contributed by atoms with Gasteiger partial charge in [0.05, 0.1) is 6.42 Å². The van der Waals surface area contributed by atoms with Crippen molar-refractivity contribution in [1.82, 2.24) is 10.2 Å². The number of thioether (sulfide) groups is 1. The molecule has 2 heterocycles. The highest BCUT2D eigenvalue weighted by molar-refractivity contribution is 7.99. The lowest BCUT2D eigenvalue weighted by molar-refractivity contribution is -0.139. The third-order valence-corrected chi connectivity index (χ3v) is 4.62. The Hall–Kier alpha value is -1.04. The number of carbonyl (C=O) groups is 1. The topological polar surface area (TPSA) is 76.2 Å². The van der Waals surface area contributed by atoms with E-state index in [1.165, 1.54) is 24.3 Å². The number of nitrogens with zero attached hydrogens (tertiary/aromatic N) is 2. The Kier molecular flexibility index (Phi) is 5.07. The van der Waals surface area contributed by atoms with Crippen molar-refractivity contribution in [3.8, 4) is 0 Å². The number of aromatic nitrogens is 2. The van der Waals surface area contributed by atoms with Crippen LogP contribution in [0.25, 0.3) is 0 Å². The molecule has 1 aromatic rings. The summed E-state index contributed by atoms with van der Waals surface area (Å²) in [5.74, 6) is 3.54. The van der Waals surface area contributed by atoms with E-state index >= 15 is 0 Å². The molecule has 0 unspecified atom stereocenters. The summed E-state index contributed by atoms with van der Waals surface area (Å²) in [6.45, 7) is 3.81. The van der Waals surface area contributed by atoms with Gasteiger partial charge >= 0.3 is 5.97 Å². The van der Waals surface area contributed by atoms with Gasteiger partial charge in [0.25, 0.3) is 0 Å². The SMILES string of the molecule is CC(C)(CC(=O)O)Cc1nnc(CC2CCSCC2)o1. The summed E-state index contributed by atoms with van der Waals surface area (Å²) < 4.78 is 5.68. The monoisotopic (exact) mass is 298 g/mol. The first-order valence-corrected chi connectivity index (χ1v) is 8.21. The van der Waals surface area contributed by atoms with Crippen molar-refractivity contribution in [1.29, 1.82) is 0 Å². The van der Waals surface area contributed by atoms with Gasteiger partial charge in [0.2, 0.25) is 11.8 Å². The second-order valence-corrected chi connectivity index (χ2v) is 7.49. The number of rotatable bonds is 6. The number of hydrogen-bond donors (Lipinski definition) is 1. The predicted octanol–water partition coefficient (Wildman–Crippen LogP) is 2.80. The normalized spacial score (nSPS) is 17.3. The van der Waals surface area contributed by atoms with Crippen molar-refractivity contribution in [3.05, 3.63) is 11.8 Å². The van der Waals surface area contributed by atoms with E-state index in [2.05, 4.69) is 10.2 Å². The molecule has 0 spiro atoms. The summed E-state index contributed by atoms with van der Waals surface area (Å²) in [7, 11) is 0. The van der Waals surface area contributed by atoms with Gasteiger partial charge in [-0.15, -0.1) is 10.2 Å². The Morgan fingerprint density at radius 3 is 2.65 bits per heavy atom. The lowest BCUT2D eigenvalue weighted by Crippen LogP contribution is -2.19.